The van der Waals surface area contributed by atoms with Gasteiger partial charge in [-0.05, 0) is 44.0 Å². The lowest BCUT2D eigenvalue weighted by Gasteiger charge is -2.42. The lowest BCUT2D eigenvalue weighted by Crippen LogP contribution is -2.50. The van der Waals surface area contributed by atoms with E-state index in [1.165, 1.54) is 0 Å². The Morgan fingerprint density at radius 2 is 2.17 bits per heavy atom. The number of nitrogens with zero attached hydrogens (tertiary/aromatic N) is 3. The van der Waals surface area contributed by atoms with Crippen LogP contribution in [0.1, 0.15) is 31.4 Å². The number of amides is 2. The topological polar surface area (TPSA) is 90.4 Å². The summed E-state index contributed by atoms with van der Waals surface area (Å²) in [7, 11) is 0. The summed E-state index contributed by atoms with van der Waals surface area (Å²) in [6.45, 7) is 3.93. The molecule has 2 heterocycles. The van der Waals surface area contributed by atoms with Crippen LogP contribution < -0.4 is 10.5 Å². The molecule has 29 heavy (non-hydrogen) atoms. The second-order valence-electron chi connectivity index (χ2n) is 7.75. The summed E-state index contributed by atoms with van der Waals surface area (Å²) in [4.78, 5) is 26.4. The van der Waals surface area contributed by atoms with Gasteiger partial charge in [-0.25, -0.2) is 0 Å². The summed E-state index contributed by atoms with van der Waals surface area (Å²) < 4.78 is 7.77. The van der Waals surface area contributed by atoms with Crippen LogP contribution in [0.3, 0.4) is 0 Å². The van der Waals surface area contributed by atoms with E-state index < -0.39 is 5.41 Å². The van der Waals surface area contributed by atoms with Gasteiger partial charge in [-0.2, -0.15) is 5.10 Å². The number of hydrogen-bond donors (Lipinski definition) is 1. The molecule has 0 unspecified atom stereocenters. The molecule has 2 N–H and O–H groups in total. The number of primary amides is 1. The number of carbonyl (C=O) groups excluding carboxylic acids is 2. The van der Waals surface area contributed by atoms with Gasteiger partial charge in [-0.3, -0.25) is 14.3 Å². The summed E-state index contributed by atoms with van der Waals surface area (Å²) in [5, 5.41) is 4.81. The fourth-order valence-electron chi connectivity index (χ4n) is 3.89. The number of rotatable bonds is 8. The Morgan fingerprint density at radius 1 is 1.34 bits per heavy atom. The zero-order valence-electron chi connectivity index (χ0n) is 16.6. The summed E-state index contributed by atoms with van der Waals surface area (Å²) >= 11 is 6.02. The number of halogens is 1. The Kier molecular flexibility index (Phi) is 6.79. The molecule has 2 aromatic rings. The zero-order valence-corrected chi connectivity index (χ0v) is 17.4. The number of aryl methyl sites for hydroxylation is 2. The van der Waals surface area contributed by atoms with Gasteiger partial charge in [0, 0.05) is 54.8 Å². The molecule has 8 heteroatoms. The molecule has 156 valence electrons. The average molecular weight is 419 g/mol. The van der Waals surface area contributed by atoms with E-state index in [0.29, 0.717) is 43.4 Å². The third-order valence-corrected chi connectivity index (χ3v) is 5.61. The summed E-state index contributed by atoms with van der Waals surface area (Å²) in [5.74, 6) is 0.302. The Hall–Kier alpha value is -2.54. The summed E-state index contributed by atoms with van der Waals surface area (Å²) in [5.41, 5.74) is 6.06. The number of carbonyl (C=O) groups is 2. The first-order chi connectivity index (χ1) is 13.9. The van der Waals surface area contributed by atoms with Gasteiger partial charge in [0.05, 0.1) is 6.61 Å². The number of likely N-dealkylation sites (tertiary alicyclic amines) is 1. The molecule has 7 nitrogen and oxygen atoms in total. The van der Waals surface area contributed by atoms with E-state index in [-0.39, 0.29) is 18.2 Å². The minimum atomic E-state index is -0.496. The van der Waals surface area contributed by atoms with Crippen LogP contribution in [-0.4, -0.2) is 46.2 Å². The molecule has 1 aromatic heterocycles. The van der Waals surface area contributed by atoms with Crippen LogP contribution in [-0.2, 0) is 16.1 Å². The average Bonchev–Trinajstić information content (AvgIpc) is 3.09. The first kappa shape index (κ1) is 21.2. The van der Waals surface area contributed by atoms with Gasteiger partial charge in [0.25, 0.3) is 0 Å². The fraction of sp³-hybridized carbons (Fsp3) is 0.476. The number of ether oxygens (including phenoxy) is 1. The van der Waals surface area contributed by atoms with E-state index in [4.69, 9.17) is 22.1 Å². The van der Waals surface area contributed by atoms with E-state index >= 15 is 0 Å². The maximum absolute atomic E-state index is 12.8. The molecule has 1 aromatic carbocycles. The first-order valence-electron chi connectivity index (χ1n) is 9.80. The summed E-state index contributed by atoms with van der Waals surface area (Å²) in [6, 6.07) is 9.05. The van der Waals surface area contributed by atoms with Crippen molar-refractivity contribution >= 4 is 23.4 Å². The normalized spacial score (nSPS) is 19.2. The maximum atomic E-state index is 12.8. The van der Waals surface area contributed by atoms with Crippen molar-refractivity contribution in [1.29, 1.82) is 0 Å². The molecule has 0 spiro atoms. The predicted octanol–water partition coefficient (Wildman–Crippen LogP) is 2.80. The van der Waals surface area contributed by atoms with Crippen LogP contribution in [0.2, 0.25) is 5.02 Å². The molecule has 1 saturated heterocycles. The van der Waals surface area contributed by atoms with Crippen molar-refractivity contribution in [3.05, 3.63) is 47.2 Å². The Balaban J connectivity index is 1.65. The highest BCUT2D eigenvalue weighted by Crippen LogP contribution is 2.35. The molecule has 2 amide bonds. The van der Waals surface area contributed by atoms with Gasteiger partial charge >= 0.3 is 0 Å². The molecule has 0 bridgehead atoms. The number of benzene rings is 1. The quantitative estimate of drug-likeness (QED) is 0.713. The van der Waals surface area contributed by atoms with E-state index in [1.807, 2.05) is 34.7 Å². The third kappa shape index (κ3) is 5.73. The largest absolute Gasteiger partial charge is 0.493 e. The van der Waals surface area contributed by atoms with Crippen molar-refractivity contribution < 1.29 is 14.3 Å². The Morgan fingerprint density at radius 3 is 2.86 bits per heavy atom. The molecule has 0 radical (unpaired) electrons. The maximum Gasteiger partial charge on any atom is 0.224 e. The molecule has 1 atom stereocenters. The van der Waals surface area contributed by atoms with Gasteiger partial charge in [0.15, 0.2) is 0 Å². The highest BCUT2D eigenvalue weighted by atomic mass is 35.5. The van der Waals surface area contributed by atoms with Gasteiger partial charge in [-0.15, -0.1) is 0 Å². The highest BCUT2D eigenvalue weighted by molar-refractivity contribution is 6.30. The monoisotopic (exact) mass is 418 g/mol. The lowest BCUT2D eigenvalue weighted by molar-refractivity contribution is -0.137. The van der Waals surface area contributed by atoms with Crippen molar-refractivity contribution in [3.63, 3.8) is 0 Å². The molecular weight excluding hydrogens is 392 g/mol. The van der Waals surface area contributed by atoms with Crippen molar-refractivity contribution in [1.82, 2.24) is 14.7 Å². The van der Waals surface area contributed by atoms with Gasteiger partial charge in [-0.1, -0.05) is 17.7 Å². The van der Waals surface area contributed by atoms with E-state index in [2.05, 4.69) is 5.10 Å². The molecular formula is C21H27ClN4O3. The van der Waals surface area contributed by atoms with Gasteiger partial charge in [0.1, 0.15) is 5.75 Å². The molecule has 1 aliphatic rings. The van der Waals surface area contributed by atoms with Crippen LogP contribution in [0.15, 0.2) is 36.5 Å². The number of piperidine rings is 1. The fourth-order valence-corrected chi connectivity index (χ4v) is 4.07. The van der Waals surface area contributed by atoms with Crippen molar-refractivity contribution in [2.24, 2.45) is 11.1 Å². The summed E-state index contributed by atoms with van der Waals surface area (Å²) in [6.07, 6.45) is 3.85. The molecule has 0 aliphatic carbocycles. The smallest absolute Gasteiger partial charge is 0.224 e. The molecule has 1 fully saturated rings. The van der Waals surface area contributed by atoms with E-state index in [9.17, 15) is 9.59 Å². The first-order valence-corrected chi connectivity index (χ1v) is 10.2. The standard InChI is InChI=1S/C21H27ClN4O3/c1-16-6-9-24-26(16)11-7-20(28)25-10-3-8-21(14-25,13-19(23)27)15-29-18-5-2-4-17(22)12-18/h2,4-6,9,12H,3,7-8,10-11,13-15H2,1H3,(H2,23,27)/t21-/m0/s1. The van der Waals surface area contributed by atoms with Crippen LogP contribution in [0.5, 0.6) is 5.75 Å². The predicted molar refractivity (Wildman–Crippen MR) is 111 cm³/mol. The zero-order chi connectivity index (χ0) is 20.9. The lowest BCUT2D eigenvalue weighted by atomic mass is 9.77. The molecule has 0 saturated carbocycles. The number of nitrogens with two attached hydrogens (primary N) is 1. The van der Waals surface area contributed by atoms with Crippen LogP contribution >= 0.6 is 11.6 Å². The minimum absolute atomic E-state index is 0.0520. The number of aromatic nitrogens is 2. The van der Waals surface area contributed by atoms with E-state index in [1.54, 1.807) is 18.3 Å². The van der Waals surface area contributed by atoms with Crippen LogP contribution in [0, 0.1) is 12.3 Å². The minimum Gasteiger partial charge on any atom is -0.493 e. The SMILES string of the molecule is Cc1ccnn1CCC(=O)N1CCC[C@](COc2cccc(Cl)c2)(CC(N)=O)C1. The van der Waals surface area contributed by atoms with Crippen LogP contribution in [0.4, 0.5) is 0 Å². The van der Waals surface area contributed by atoms with Gasteiger partial charge in [0.2, 0.25) is 11.8 Å². The number of hydrogen-bond acceptors (Lipinski definition) is 4. The van der Waals surface area contributed by atoms with Gasteiger partial charge < -0.3 is 15.4 Å². The Bertz CT molecular complexity index is 869. The van der Waals surface area contributed by atoms with Crippen molar-refractivity contribution in [2.45, 2.75) is 39.2 Å². The molecule has 1 aliphatic heterocycles. The van der Waals surface area contributed by atoms with E-state index in [0.717, 1.165) is 18.5 Å². The second-order valence-corrected chi connectivity index (χ2v) is 8.19. The van der Waals surface area contributed by atoms with Crippen molar-refractivity contribution in [3.8, 4) is 5.75 Å². The molecule has 3 rings (SSSR count). The second kappa shape index (κ2) is 9.31. The Labute approximate surface area is 175 Å². The van der Waals surface area contributed by atoms with Crippen LogP contribution in [0.25, 0.3) is 0 Å². The highest BCUT2D eigenvalue weighted by Gasteiger charge is 2.39. The van der Waals surface area contributed by atoms with Crippen molar-refractivity contribution in [2.75, 3.05) is 19.7 Å². The third-order valence-electron chi connectivity index (χ3n) is 5.37.